The lowest BCUT2D eigenvalue weighted by molar-refractivity contribution is 0.101. The molecule has 1 heterocycles. The lowest BCUT2D eigenvalue weighted by Crippen LogP contribution is -2.45. The molecule has 1 aliphatic heterocycles. The molecule has 1 aromatic rings. The molecule has 0 bridgehead atoms. The minimum atomic E-state index is -1.12. The average molecular weight is 445 g/mol. The Hall–Kier alpha value is -2.22. The summed E-state index contributed by atoms with van der Waals surface area (Å²) in [6.07, 6.45) is 6.79. The van der Waals surface area contributed by atoms with Crippen LogP contribution >= 0.6 is 11.9 Å². The number of nitrogens with one attached hydrogen (secondary N) is 3. The first-order valence-corrected chi connectivity index (χ1v) is 11.2. The zero-order valence-corrected chi connectivity index (χ0v) is 18.6. The van der Waals surface area contributed by atoms with Crippen LogP contribution in [0.15, 0.2) is 40.7 Å². The summed E-state index contributed by atoms with van der Waals surface area (Å²) in [5.74, 6) is -0.502. The third-order valence-corrected chi connectivity index (χ3v) is 6.57. The fourth-order valence-electron chi connectivity index (χ4n) is 3.53. The Kier molecular flexibility index (Phi) is 7.86. The number of nitrogens with two attached hydrogens (primary N) is 1. The largest absolute Gasteiger partial charge is 0.379 e. The number of nitrogens with zero attached hydrogens (tertiary/aromatic N) is 2. The van der Waals surface area contributed by atoms with Gasteiger partial charge in [0.25, 0.3) is 0 Å². The van der Waals surface area contributed by atoms with Crippen LogP contribution in [-0.4, -0.2) is 36.3 Å². The van der Waals surface area contributed by atoms with Crippen LogP contribution in [0.2, 0.25) is 0 Å². The third kappa shape index (κ3) is 5.53. The number of nitriles is 1. The van der Waals surface area contributed by atoms with E-state index in [-0.39, 0.29) is 17.5 Å². The van der Waals surface area contributed by atoms with Gasteiger partial charge in [-0.05, 0) is 62.2 Å². The van der Waals surface area contributed by atoms with E-state index >= 15 is 0 Å². The molecule has 7 nitrogen and oxygen atoms in total. The van der Waals surface area contributed by atoms with Crippen molar-refractivity contribution in [2.24, 2.45) is 10.7 Å². The number of benzene rings is 1. The summed E-state index contributed by atoms with van der Waals surface area (Å²) in [7, 11) is 1.70. The van der Waals surface area contributed by atoms with E-state index in [4.69, 9.17) is 11.0 Å². The molecular formula is C22H29FN6OS. The van der Waals surface area contributed by atoms with Gasteiger partial charge in [-0.2, -0.15) is 5.26 Å². The second-order valence-corrected chi connectivity index (χ2v) is 8.79. The Morgan fingerprint density at radius 3 is 2.90 bits per heavy atom. The lowest BCUT2D eigenvalue weighted by Gasteiger charge is -2.28. The number of anilines is 1. The van der Waals surface area contributed by atoms with Crippen LogP contribution in [0.3, 0.4) is 0 Å². The molecule has 0 aromatic heterocycles. The quantitative estimate of drug-likeness (QED) is 0.259. The number of allylic oxidation sites excluding steroid dienone is 4. The molecule has 2 unspecified atom stereocenters. The maximum Gasteiger partial charge on any atom is 0.179 e. The molecule has 3 rings (SSSR count). The standard InChI is InChI=1S/C22H29FN6OS/c1-3-18(13-28-31-22(30,26-2)6-7-24)29-20-10-15(9-17-12-27-21(17)20)14-4-5-19(23)16(8-14)11-25/h5,8-10,12,14,18,26,28-30H,3-4,6-7,13,24H2,1-2H3/t14?,18?,22-/m1/s1. The SMILES string of the molecule is CCC(CNS[C@](O)(CCN)NC)Nc1cc(C2C=C(C#N)C(F)=CC2)cc2c1=NC=2. The van der Waals surface area contributed by atoms with Crippen molar-refractivity contribution in [3.05, 3.63) is 51.8 Å². The van der Waals surface area contributed by atoms with Crippen molar-refractivity contribution in [2.45, 2.75) is 43.2 Å². The summed E-state index contributed by atoms with van der Waals surface area (Å²) in [4.78, 5) is 4.39. The summed E-state index contributed by atoms with van der Waals surface area (Å²) < 4.78 is 17.0. The maximum atomic E-state index is 13.8. The van der Waals surface area contributed by atoms with Crippen molar-refractivity contribution in [2.75, 3.05) is 25.5 Å². The number of fused-ring (bicyclic) bond motifs is 1. The summed E-state index contributed by atoms with van der Waals surface area (Å²) in [6, 6.07) is 6.13. The van der Waals surface area contributed by atoms with E-state index in [1.807, 2.05) is 18.3 Å². The maximum absolute atomic E-state index is 13.8. The van der Waals surface area contributed by atoms with Crippen molar-refractivity contribution >= 4 is 23.8 Å². The summed E-state index contributed by atoms with van der Waals surface area (Å²) >= 11 is 1.22. The molecule has 0 saturated carbocycles. The van der Waals surface area contributed by atoms with E-state index in [2.05, 4.69) is 33.3 Å². The molecule has 0 spiro atoms. The van der Waals surface area contributed by atoms with Crippen molar-refractivity contribution in [3.63, 3.8) is 0 Å². The number of rotatable bonds is 11. The number of halogens is 1. The lowest BCUT2D eigenvalue weighted by atomic mass is 9.88. The summed E-state index contributed by atoms with van der Waals surface area (Å²) in [6.45, 7) is 3.08. The molecule has 0 radical (unpaired) electrons. The van der Waals surface area contributed by atoms with Crippen LogP contribution in [0.4, 0.5) is 10.1 Å². The van der Waals surface area contributed by atoms with Crippen LogP contribution in [-0.2, 0) is 0 Å². The Labute approximate surface area is 186 Å². The van der Waals surface area contributed by atoms with Crippen LogP contribution in [0.5, 0.6) is 0 Å². The Bertz CT molecular complexity index is 1030. The summed E-state index contributed by atoms with van der Waals surface area (Å²) in [5, 5.41) is 26.9. The Morgan fingerprint density at radius 1 is 1.48 bits per heavy atom. The molecule has 1 aliphatic carbocycles. The van der Waals surface area contributed by atoms with Gasteiger partial charge in [-0.3, -0.25) is 15.0 Å². The van der Waals surface area contributed by atoms with Gasteiger partial charge in [0.05, 0.1) is 16.6 Å². The highest BCUT2D eigenvalue weighted by Crippen LogP contribution is 2.31. The molecule has 166 valence electrons. The second-order valence-electron chi connectivity index (χ2n) is 7.62. The number of hydrogen-bond acceptors (Lipinski definition) is 8. The Morgan fingerprint density at radius 2 is 2.29 bits per heavy atom. The van der Waals surface area contributed by atoms with Crippen LogP contribution in [0.25, 0.3) is 6.20 Å². The fraction of sp³-hybridized carbons (Fsp3) is 0.455. The van der Waals surface area contributed by atoms with Crippen molar-refractivity contribution < 1.29 is 9.50 Å². The fourth-order valence-corrected chi connectivity index (χ4v) is 4.37. The van der Waals surface area contributed by atoms with Gasteiger partial charge in [0.15, 0.2) is 5.06 Å². The van der Waals surface area contributed by atoms with E-state index < -0.39 is 10.9 Å². The van der Waals surface area contributed by atoms with Gasteiger partial charge >= 0.3 is 0 Å². The molecule has 3 atom stereocenters. The first-order valence-electron chi connectivity index (χ1n) is 10.4. The van der Waals surface area contributed by atoms with E-state index in [1.165, 1.54) is 18.0 Å². The highest BCUT2D eigenvalue weighted by atomic mass is 32.2. The topological polar surface area (TPSA) is 118 Å². The van der Waals surface area contributed by atoms with Gasteiger partial charge in [0.1, 0.15) is 11.9 Å². The highest BCUT2D eigenvalue weighted by Gasteiger charge is 2.25. The monoisotopic (exact) mass is 444 g/mol. The van der Waals surface area contributed by atoms with Crippen molar-refractivity contribution in [1.82, 2.24) is 10.0 Å². The molecule has 31 heavy (non-hydrogen) atoms. The van der Waals surface area contributed by atoms with E-state index in [9.17, 15) is 9.50 Å². The third-order valence-electron chi connectivity index (χ3n) is 5.52. The van der Waals surface area contributed by atoms with Gasteiger partial charge in [-0.1, -0.05) is 13.0 Å². The van der Waals surface area contributed by atoms with Crippen LogP contribution in [0, 0.1) is 11.3 Å². The molecule has 6 N–H and O–H groups in total. The van der Waals surface area contributed by atoms with Crippen molar-refractivity contribution in [3.8, 4) is 6.07 Å². The zero-order valence-electron chi connectivity index (χ0n) is 17.8. The molecule has 0 saturated heterocycles. The summed E-state index contributed by atoms with van der Waals surface area (Å²) in [5.41, 5.74) is 7.60. The van der Waals surface area contributed by atoms with Gasteiger partial charge in [-0.25, -0.2) is 4.39 Å². The number of aliphatic hydroxyl groups is 1. The van der Waals surface area contributed by atoms with E-state index in [1.54, 1.807) is 13.1 Å². The first kappa shape index (κ1) is 23.4. The zero-order chi connectivity index (χ0) is 22.4. The highest BCUT2D eigenvalue weighted by molar-refractivity contribution is 7.98. The molecule has 0 amide bonds. The molecular weight excluding hydrogens is 415 g/mol. The van der Waals surface area contributed by atoms with Crippen LogP contribution < -0.4 is 31.7 Å². The predicted molar refractivity (Wildman–Crippen MR) is 123 cm³/mol. The number of hydrogen-bond donors (Lipinski definition) is 5. The normalized spacial score (nSPS) is 19.9. The minimum Gasteiger partial charge on any atom is -0.379 e. The van der Waals surface area contributed by atoms with Gasteiger partial charge in [0, 0.05) is 36.3 Å². The van der Waals surface area contributed by atoms with Gasteiger partial charge in [0.2, 0.25) is 0 Å². The predicted octanol–water partition coefficient (Wildman–Crippen LogP) is 1.49. The van der Waals surface area contributed by atoms with E-state index in [0.717, 1.165) is 28.2 Å². The van der Waals surface area contributed by atoms with E-state index in [0.29, 0.717) is 25.9 Å². The van der Waals surface area contributed by atoms with Crippen molar-refractivity contribution in [1.29, 1.82) is 5.26 Å². The molecule has 2 aliphatic rings. The van der Waals surface area contributed by atoms with Gasteiger partial charge < -0.3 is 16.2 Å². The second kappa shape index (κ2) is 10.4. The minimum absolute atomic E-state index is 0.0512. The molecule has 9 heteroatoms. The van der Waals surface area contributed by atoms with Crippen LogP contribution in [0.1, 0.15) is 37.7 Å². The Balaban J connectivity index is 1.72. The average Bonchev–Trinajstić information content (AvgIpc) is 2.74. The van der Waals surface area contributed by atoms with Gasteiger partial charge in [-0.15, -0.1) is 0 Å². The molecule has 1 aromatic carbocycles. The first-order chi connectivity index (χ1) is 14.9. The molecule has 0 fully saturated rings. The smallest absolute Gasteiger partial charge is 0.179 e.